The van der Waals surface area contributed by atoms with Crippen molar-refractivity contribution in [2.75, 3.05) is 13.7 Å². The van der Waals surface area contributed by atoms with Gasteiger partial charge < -0.3 is 9.47 Å². The predicted molar refractivity (Wildman–Crippen MR) is 126 cm³/mol. The van der Waals surface area contributed by atoms with E-state index in [1.807, 2.05) is 31.2 Å². The molecule has 0 unspecified atom stereocenters. The van der Waals surface area contributed by atoms with Crippen molar-refractivity contribution in [3.8, 4) is 11.5 Å². The van der Waals surface area contributed by atoms with Gasteiger partial charge in [0.25, 0.3) is 11.8 Å². The fraction of sp³-hybridized carbons (Fsp3) is 0.167. The van der Waals surface area contributed by atoms with Crippen LogP contribution in [0.2, 0.25) is 0 Å². The number of methoxy groups -OCH3 is 1. The zero-order valence-corrected chi connectivity index (χ0v) is 19.5. The molecular weight excluding hydrogens is 458 g/mol. The highest BCUT2D eigenvalue weighted by atomic mass is 32.2. The van der Waals surface area contributed by atoms with Gasteiger partial charge in [-0.2, -0.15) is 0 Å². The monoisotopic (exact) mass is 483 g/mol. The molecule has 0 atom stereocenters. The third-order valence-electron chi connectivity index (χ3n) is 4.71. The molecule has 0 saturated carbocycles. The Labute approximate surface area is 198 Å². The predicted octanol–water partition coefficient (Wildman–Crippen LogP) is 2.32. The molecule has 0 bridgehead atoms. The molecule has 178 valence electrons. The number of aryl methyl sites for hydroxylation is 1. The van der Waals surface area contributed by atoms with Gasteiger partial charge in [0.15, 0.2) is 18.1 Å². The first-order chi connectivity index (χ1) is 16.3. The molecule has 2 amide bonds. The van der Waals surface area contributed by atoms with Gasteiger partial charge in [0.1, 0.15) is 0 Å². The molecule has 0 aliphatic heterocycles. The van der Waals surface area contributed by atoms with Gasteiger partial charge in [0, 0.05) is 12.1 Å². The van der Waals surface area contributed by atoms with Crippen molar-refractivity contribution in [1.29, 1.82) is 0 Å². The summed E-state index contributed by atoms with van der Waals surface area (Å²) in [6, 6.07) is 19.8. The van der Waals surface area contributed by atoms with Crippen molar-refractivity contribution in [3.05, 3.63) is 89.5 Å². The molecule has 34 heavy (non-hydrogen) atoms. The lowest BCUT2D eigenvalue weighted by Crippen LogP contribution is -2.43. The van der Waals surface area contributed by atoms with Crippen LogP contribution in [0.25, 0.3) is 0 Å². The van der Waals surface area contributed by atoms with Gasteiger partial charge in [-0.25, -0.2) is 13.1 Å². The maximum atomic E-state index is 12.6. The van der Waals surface area contributed by atoms with Crippen LogP contribution in [0.5, 0.6) is 11.5 Å². The van der Waals surface area contributed by atoms with Crippen LogP contribution in [0, 0.1) is 6.92 Å². The number of nitrogens with one attached hydrogen (secondary N) is 3. The molecule has 0 aromatic heterocycles. The highest BCUT2D eigenvalue weighted by Crippen LogP contribution is 2.27. The number of hydrogen-bond donors (Lipinski definition) is 3. The fourth-order valence-corrected chi connectivity index (χ4v) is 4.00. The molecule has 9 nitrogen and oxygen atoms in total. The standard InChI is InChI=1S/C24H25N3O6S/c1-17-11-12-21(22(13-17)32-2)33-16-23(28)26-27-24(29)19-9-6-10-20(14-19)34(30,31)25-15-18-7-4-3-5-8-18/h3-14,25H,15-16H2,1-2H3,(H,26,28)(H,27,29). The van der Waals surface area contributed by atoms with E-state index in [2.05, 4.69) is 15.6 Å². The van der Waals surface area contributed by atoms with Crippen LogP contribution in [0.1, 0.15) is 21.5 Å². The molecule has 0 aliphatic rings. The Morgan fingerprint density at radius 2 is 1.65 bits per heavy atom. The minimum absolute atomic E-state index is 0.0593. The SMILES string of the molecule is COc1cc(C)ccc1OCC(=O)NNC(=O)c1cccc(S(=O)(=O)NCc2ccccc2)c1. The quantitative estimate of drug-likeness (QED) is 0.402. The highest BCUT2D eigenvalue weighted by Gasteiger charge is 2.17. The van der Waals surface area contributed by atoms with Crippen molar-refractivity contribution in [1.82, 2.24) is 15.6 Å². The first-order valence-corrected chi connectivity index (χ1v) is 11.8. The summed E-state index contributed by atoms with van der Waals surface area (Å²) in [5, 5.41) is 0. The van der Waals surface area contributed by atoms with Crippen LogP contribution in [-0.4, -0.2) is 33.9 Å². The Balaban J connectivity index is 1.55. The lowest BCUT2D eigenvalue weighted by molar-refractivity contribution is -0.123. The summed E-state index contributed by atoms with van der Waals surface area (Å²) in [7, 11) is -2.35. The second kappa shape index (κ2) is 11.3. The van der Waals surface area contributed by atoms with E-state index in [0.717, 1.165) is 11.1 Å². The van der Waals surface area contributed by atoms with Crippen LogP contribution in [0.15, 0.2) is 77.7 Å². The van der Waals surface area contributed by atoms with Gasteiger partial charge in [-0.15, -0.1) is 0 Å². The van der Waals surface area contributed by atoms with Gasteiger partial charge in [-0.3, -0.25) is 20.4 Å². The minimum Gasteiger partial charge on any atom is -0.493 e. The Kier molecular flexibility index (Phi) is 8.23. The summed E-state index contributed by atoms with van der Waals surface area (Å²) in [4.78, 5) is 24.4. The molecule has 3 N–H and O–H groups in total. The van der Waals surface area contributed by atoms with Crippen molar-refractivity contribution in [2.24, 2.45) is 0 Å². The van der Waals surface area contributed by atoms with Gasteiger partial charge in [-0.1, -0.05) is 42.5 Å². The largest absolute Gasteiger partial charge is 0.493 e. The minimum atomic E-state index is -3.84. The van der Waals surface area contributed by atoms with Crippen LogP contribution >= 0.6 is 0 Å². The Hall–Kier alpha value is -3.89. The number of carbonyl (C=O) groups is 2. The molecule has 0 saturated heterocycles. The highest BCUT2D eigenvalue weighted by molar-refractivity contribution is 7.89. The summed E-state index contributed by atoms with van der Waals surface area (Å²) in [5.41, 5.74) is 6.31. The molecule has 0 heterocycles. The Bertz CT molecular complexity index is 1260. The first kappa shape index (κ1) is 24.7. The molecular formula is C24H25N3O6S. The van der Waals surface area contributed by atoms with Gasteiger partial charge in [0.2, 0.25) is 10.0 Å². The topological polar surface area (TPSA) is 123 Å². The molecule has 10 heteroatoms. The molecule has 0 aliphatic carbocycles. The zero-order chi connectivity index (χ0) is 24.6. The van der Waals surface area contributed by atoms with Crippen molar-refractivity contribution < 1.29 is 27.5 Å². The van der Waals surface area contributed by atoms with Gasteiger partial charge in [0.05, 0.1) is 12.0 Å². The molecule has 3 aromatic carbocycles. The van der Waals surface area contributed by atoms with Crippen LogP contribution < -0.4 is 25.0 Å². The number of carbonyl (C=O) groups excluding carboxylic acids is 2. The lowest BCUT2D eigenvalue weighted by atomic mass is 10.2. The van der Waals surface area contributed by atoms with Gasteiger partial charge >= 0.3 is 0 Å². The number of ether oxygens (including phenoxy) is 2. The van der Waals surface area contributed by atoms with Crippen molar-refractivity contribution in [3.63, 3.8) is 0 Å². The van der Waals surface area contributed by atoms with E-state index in [4.69, 9.17) is 9.47 Å². The maximum absolute atomic E-state index is 12.6. The van der Waals surface area contributed by atoms with E-state index in [9.17, 15) is 18.0 Å². The third-order valence-corrected chi connectivity index (χ3v) is 6.11. The van der Waals surface area contributed by atoms with Crippen LogP contribution in [0.3, 0.4) is 0 Å². The second-order valence-electron chi connectivity index (χ2n) is 7.28. The van der Waals surface area contributed by atoms with E-state index in [0.29, 0.717) is 11.5 Å². The van der Waals surface area contributed by atoms with Crippen LogP contribution in [-0.2, 0) is 21.4 Å². The van der Waals surface area contributed by atoms with E-state index < -0.39 is 21.8 Å². The summed E-state index contributed by atoms with van der Waals surface area (Å²) in [5.74, 6) is -0.420. The normalized spacial score (nSPS) is 10.9. The smallest absolute Gasteiger partial charge is 0.276 e. The third kappa shape index (κ3) is 6.80. The maximum Gasteiger partial charge on any atom is 0.276 e. The van der Waals surface area contributed by atoms with E-state index in [-0.39, 0.29) is 23.6 Å². The number of sulfonamides is 1. The number of hydrazine groups is 1. The van der Waals surface area contributed by atoms with E-state index in [1.165, 1.54) is 31.4 Å². The number of benzene rings is 3. The molecule has 3 aromatic rings. The van der Waals surface area contributed by atoms with Crippen molar-refractivity contribution in [2.45, 2.75) is 18.4 Å². The average molecular weight is 484 g/mol. The van der Waals surface area contributed by atoms with E-state index in [1.54, 1.807) is 24.3 Å². The fourth-order valence-electron chi connectivity index (χ4n) is 2.93. The first-order valence-electron chi connectivity index (χ1n) is 10.3. The average Bonchev–Trinajstić information content (AvgIpc) is 2.86. The van der Waals surface area contributed by atoms with Crippen molar-refractivity contribution >= 4 is 21.8 Å². The molecule has 0 radical (unpaired) electrons. The summed E-state index contributed by atoms with van der Waals surface area (Å²) in [6.07, 6.45) is 0. The Morgan fingerprint density at radius 3 is 2.38 bits per heavy atom. The van der Waals surface area contributed by atoms with E-state index >= 15 is 0 Å². The van der Waals surface area contributed by atoms with Gasteiger partial charge in [-0.05, 0) is 48.4 Å². The lowest BCUT2D eigenvalue weighted by Gasteiger charge is -2.12. The second-order valence-corrected chi connectivity index (χ2v) is 9.05. The molecule has 0 fully saturated rings. The molecule has 0 spiro atoms. The summed E-state index contributed by atoms with van der Waals surface area (Å²) >= 11 is 0. The van der Waals surface area contributed by atoms with Crippen LogP contribution in [0.4, 0.5) is 0 Å². The summed E-state index contributed by atoms with van der Waals surface area (Å²) in [6.45, 7) is 1.65. The number of amides is 2. The Morgan fingerprint density at radius 1 is 0.882 bits per heavy atom. The number of rotatable bonds is 9. The zero-order valence-electron chi connectivity index (χ0n) is 18.7. The summed E-state index contributed by atoms with van der Waals surface area (Å²) < 4.78 is 38.3. The number of hydrogen-bond acceptors (Lipinski definition) is 6. The molecule has 3 rings (SSSR count).